The van der Waals surface area contributed by atoms with Crippen LogP contribution in [0.3, 0.4) is 0 Å². The summed E-state index contributed by atoms with van der Waals surface area (Å²) in [6.45, 7) is 34.0. The van der Waals surface area contributed by atoms with E-state index in [4.69, 9.17) is 9.47 Å². The molecule has 2 aliphatic rings. The molecule has 0 spiro atoms. The number of ether oxygens (including phenoxy) is 2. The molecular weight excluding hydrogens is 849 g/mol. The maximum Gasteiger partial charge on any atom is 0.146 e. The third-order valence-electron chi connectivity index (χ3n) is 15.9. The van der Waals surface area contributed by atoms with E-state index in [1.165, 1.54) is 125 Å². The Balaban J connectivity index is 1.47. The Hall–Kier alpha value is -5.02. The summed E-state index contributed by atoms with van der Waals surface area (Å²) in [5, 5.41) is 4.87. The molecule has 366 valence electrons. The van der Waals surface area contributed by atoms with E-state index >= 15 is 0 Å². The van der Waals surface area contributed by atoms with Crippen molar-refractivity contribution in [3.8, 4) is 22.3 Å². The van der Waals surface area contributed by atoms with Crippen molar-refractivity contribution < 1.29 is 9.47 Å². The molecule has 9 rings (SSSR count). The number of hydrogen-bond acceptors (Lipinski definition) is 2. The highest BCUT2D eigenvalue weighted by atomic mass is 16.5. The van der Waals surface area contributed by atoms with Gasteiger partial charge in [0.2, 0.25) is 0 Å². The third-order valence-corrected chi connectivity index (χ3v) is 15.9. The topological polar surface area (TPSA) is 18.5 Å². The summed E-state index contributed by atoms with van der Waals surface area (Å²) in [6, 6.07) is 47.8. The Morgan fingerprint density at radius 2 is 0.586 bits per heavy atom. The predicted molar refractivity (Wildman–Crippen MR) is 300 cm³/mol. The highest BCUT2D eigenvalue weighted by molar-refractivity contribution is 6.10. The Morgan fingerprint density at radius 3 is 0.814 bits per heavy atom. The molecule has 0 radical (unpaired) electrons. The van der Waals surface area contributed by atoms with E-state index in [1.807, 2.05) is 0 Å². The van der Waals surface area contributed by atoms with Crippen molar-refractivity contribution in [3.05, 3.63) is 177 Å². The van der Waals surface area contributed by atoms with Crippen LogP contribution in [0.15, 0.2) is 121 Å². The molecule has 7 aromatic rings. The van der Waals surface area contributed by atoms with Gasteiger partial charge in [0, 0.05) is 46.6 Å². The van der Waals surface area contributed by atoms with Gasteiger partial charge in [0.1, 0.15) is 11.2 Å². The van der Waals surface area contributed by atoms with Gasteiger partial charge >= 0.3 is 0 Å². The summed E-state index contributed by atoms with van der Waals surface area (Å²) >= 11 is 0. The Bertz CT molecular complexity index is 2670. The zero-order chi connectivity index (χ0) is 50.0. The minimum Gasteiger partial charge on any atom is -0.361 e. The van der Waals surface area contributed by atoms with E-state index in [-0.39, 0.29) is 21.7 Å². The second-order valence-corrected chi connectivity index (χ2v) is 25.1. The fraction of sp³-hybridized carbons (Fsp3) is 0.441. The molecule has 0 heterocycles. The van der Waals surface area contributed by atoms with Crippen molar-refractivity contribution in [2.75, 3.05) is 13.2 Å². The monoisotopic (exact) mass is 931 g/mol. The van der Waals surface area contributed by atoms with E-state index in [2.05, 4.69) is 218 Å². The van der Waals surface area contributed by atoms with Gasteiger partial charge in [0.15, 0.2) is 0 Å². The van der Waals surface area contributed by atoms with Gasteiger partial charge in [-0.15, -0.1) is 0 Å². The first kappa shape index (κ1) is 49.9. The van der Waals surface area contributed by atoms with E-state index in [1.54, 1.807) is 0 Å². The standard InChI is InChI=1S/C68H82O2/c1-15-17-19-25-39-69-67(57-41-45(63(3,4)5)31-35-49(57)50-36-32-46(42-58(50)67)64(6,7)8)61-53-27-21-23-29-55(53)62(56-30-24-22-28-54(56)61)68(70-40-26-20-18-16-2)59-43-47(65(9,10)11)33-37-51(59)52-38-34-48(44-60(52)68)66(12,13)14/h21-24,27-38,41-44H,15-20,25-26,39-40H2,1-14H3. The molecule has 7 aromatic carbocycles. The van der Waals surface area contributed by atoms with Gasteiger partial charge in [-0.05, 0) is 101 Å². The smallest absolute Gasteiger partial charge is 0.146 e. The van der Waals surface area contributed by atoms with Gasteiger partial charge < -0.3 is 9.47 Å². The maximum absolute atomic E-state index is 8.01. The SMILES string of the molecule is CCCCCCOC1(c2c3ccccc3c(C3(OCCCCCC)c4cc(C(C)(C)C)ccc4-c4ccc(C(C)(C)C)cc43)c3ccccc23)c2cc(C(C)(C)C)ccc2-c2ccc(C(C)(C)C)cc21. The molecule has 0 saturated heterocycles. The molecule has 0 bridgehead atoms. The lowest BCUT2D eigenvalue weighted by Crippen LogP contribution is -2.35. The van der Waals surface area contributed by atoms with Crippen LogP contribution in [0.1, 0.15) is 204 Å². The first-order valence-electron chi connectivity index (χ1n) is 27.0. The van der Waals surface area contributed by atoms with Crippen LogP contribution in [0.5, 0.6) is 0 Å². The molecule has 0 atom stereocenters. The number of unbranched alkanes of at least 4 members (excludes halogenated alkanes) is 6. The van der Waals surface area contributed by atoms with Gasteiger partial charge in [-0.2, -0.15) is 0 Å². The summed E-state index contributed by atoms with van der Waals surface area (Å²) in [6.07, 6.45) is 9.04. The zero-order valence-corrected chi connectivity index (χ0v) is 45.4. The quantitative estimate of drug-likeness (QED) is 0.0799. The molecule has 0 aromatic heterocycles. The van der Waals surface area contributed by atoms with E-state index in [9.17, 15) is 0 Å². The van der Waals surface area contributed by atoms with Gasteiger partial charge in [-0.3, -0.25) is 0 Å². The molecule has 0 fully saturated rings. The number of benzene rings is 7. The van der Waals surface area contributed by atoms with Crippen LogP contribution >= 0.6 is 0 Å². The van der Waals surface area contributed by atoms with Crippen LogP contribution in [0, 0.1) is 0 Å². The molecule has 70 heavy (non-hydrogen) atoms. The molecular formula is C68H82O2. The average Bonchev–Trinajstić information content (AvgIpc) is 3.75. The van der Waals surface area contributed by atoms with E-state index < -0.39 is 11.2 Å². The molecule has 2 nitrogen and oxygen atoms in total. The third kappa shape index (κ3) is 8.47. The second kappa shape index (κ2) is 18.5. The van der Waals surface area contributed by atoms with Gasteiger partial charge in [0.05, 0.1) is 0 Å². The largest absolute Gasteiger partial charge is 0.361 e. The average molecular weight is 931 g/mol. The molecule has 0 unspecified atom stereocenters. The van der Waals surface area contributed by atoms with Gasteiger partial charge in [-0.1, -0.05) is 257 Å². The Morgan fingerprint density at radius 1 is 0.329 bits per heavy atom. The summed E-state index contributed by atoms with van der Waals surface area (Å²) < 4.78 is 16.0. The van der Waals surface area contributed by atoms with Crippen molar-refractivity contribution in [1.29, 1.82) is 0 Å². The lowest BCUT2D eigenvalue weighted by atomic mass is 9.71. The van der Waals surface area contributed by atoms with Crippen molar-refractivity contribution in [2.45, 2.75) is 181 Å². The summed E-state index contributed by atoms with van der Waals surface area (Å²) in [4.78, 5) is 0. The van der Waals surface area contributed by atoms with Gasteiger partial charge in [-0.25, -0.2) is 0 Å². The van der Waals surface area contributed by atoms with Crippen LogP contribution in [-0.4, -0.2) is 13.2 Å². The van der Waals surface area contributed by atoms with Crippen LogP contribution in [-0.2, 0) is 42.3 Å². The van der Waals surface area contributed by atoms with E-state index in [0.717, 1.165) is 25.7 Å². The van der Waals surface area contributed by atoms with Crippen LogP contribution in [0.4, 0.5) is 0 Å². The van der Waals surface area contributed by atoms with Crippen molar-refractivity contribution in [1.82, 2.24) is 0 Å². The highest BCUT2D eigenvalue weighted by Gasteiger charge is 2.52. The normalized spacial score (nSPS) is 15.1. The first-order valence-corrected chi connectivity index (χ1v) is 27.0. The molecule has 0 amide bonds. The molecule has 2 heteroatoms. The van der Waals surface area contributed by atoms with Crippen molar-refractivity contribution in [3.63, 3.8) is 0 Å². The Kier molecular flexibility index (Phi) is 13.2. The number of rotatable bonds is 14. The first-order chi connectivity index (χ1) is 33.2. The lowest BCUT2D eigenvalue weighted by molar-refractivity contribution is 0.0142. The zero-order valence-electron chi connectivity index (χ0n) is 45.4. The summed E-state index contributed by atoms with van der Waals surface area (Å²) in [7, 11) is 0. The minimum atomic E-state index is -0.907. The maximum atomic E-state index is 8.01. The van der Waals surface area contributed by atoms with Crippen LogP contribution in [0.2, 0.25) is 0 Å². The predicted octanol–water partition coefficient (Wildman–Crippen LogP) is 18.9. The fourth-order valence-corrected chi connectivity index (χ4v) is 11.8. The Labute approximate surface area is 422 Å². The number of hydrogen-bond donors (Lipinski definition) is 0. The fourth-order valence-electron chi connectivity index (χ4n) is 11.8. The number of fused-ring (bicyclic) bond motifs is 8. The minimum absolute atomic E-state index is 0.0663. The van der Waals surface area contributed by atoms with Crippen molar-refractivity contribution >= 4 is 21.5 Å². The van der Waals surface area contributed by atoms with Crippen LogP contribution < -0.4 is 0 Å². The highest BCUT2D eigenvalue weighted by Crippen LogP contribution is 2.62. The van der Waals surface area contributed by atoms with Crippen LogP contribution in [0.25, 0.3) is 43.8 Å². The van der Waals surface area contributed by atoms with Crippen molar-refractivity contribution in [2.24, 2.45) is 0 Å². The summed E-state index contributed by atoms with van der Waals surface area (Å²) in [5.74, 6) is 0. The molecule has 2 aliphatic carbocycles. The second-order valence-electron chi connectivity index (χ2n) is 25.1. The molecule has 0 saturated carbocycles. The van der Waals surface area contributed by atoms with Gasteiger partial charge in [0.25, 0.3) is 0 Å². The molecule has 0 aliphatic heterocycles. The molecule has 0 N–H and O–H groups in total. The lowest BCUT2D eigenvalue weighted by Gasteiger charge is -2.40. The summed E-state index contributed by atoms with van der Waals surface area (Å²) in [5.41, 5.74) is 15.7. The van der Waals surface area contributed by atoms with E-state index in [0.29, 0.717) is 13.2 Å².